The number of carbonyl (C=O) groups is 3. The number of aromatic hydroxyl groups is 1. The van der Waals surface area contributed by atoms with E-state index in [1.54, 1.807) is 6.92 Å². The first-order valence-electron chi connectivity index (χ1n) is 14.2. The molecule has 3 aliphatic rings. The second-order valence-electron chi connectivity index (χ2n) is 11.7. The van der Waals surface area contributed by atoms with E-state index in [1.165, 1.54) is 22.5 Å². The molecule has 2 aromatic carbocycles. The molecule has 1 spiro atoms. The van der Waals surface area contributed by atoms with Crippen molar-refractivity contribution in [3.05, 3.63) is 98.0 Å². The number of fused-ring (bicyclic) bond motifs is 5. The second kappa shape index (κ2) is 11.0. The summed E-state index contributed by atoms with van der Waals surface area (Å²) in [5, 5.41) is 14.3. The molecule has 14 heteroatoms. The highest BCUT2D eigenvalue weighted by Gasteiger charge is 2.56. The van der Waals surface area contributed by atoms with Gasteiger partial charge in [0.2, 0.25) is 11.3 Å². The van der Waals surface area contributed by atoms with Crippen LogP contribution in [-0.2, 0) is 22.7 Å². The molecule has 2 fully saturated rings. The third-order valence-electron chi connectivity index (χ3n) is 8.81. The molecule has 0 saturated carbocycles. The quantitative estimate of drug-likeness (QED) is 0.417. The van der Waals surface area contributed by atoms with Gasteiger partial charge >= 0.3 is 0 Å². The first-order valence-corrected chi connectivity index (χ1v) is 14.2. The summed E-state index contributed by atoms with van der Waals surface area (Å²) in [5.41, 5.74) is -3.62. The first kappa shape index (κ1) is 30.3. The number of carbonyl (C=O) groups excluding carboxylic acids is 3. The monoisotopic (exact) mass is 628 g/mol. The van der Waals surface area contributed by atoms with Crippen LogP contribution in [0.25, 0.3) is 0 Å². The van der Waals surface area contributed by atoms with Crippen molar-refractivity contribution in [1.29, 1.82) is 0 Å². The van der Waals surface area contributed by atoms with E-state index in [9.17, 15) is 41.8 Å². The van der Waals surface area contributed by atoms with Gasteiger partial charge in [0.05, 0.1) is 19.0 Å². The van der Waals surface area contributed by atoms with Crippen LogP contribution < -0.4 is 10.7 Å². The lowest BCUT2D eigenvalue weighted by molar-refractivity contribution is -0.218. The zero-order valence-electron chi connectivity index (χ0n) is 24.2. The summed E-state index contributed by atoms with van der Waals surface area (Å²) in [6.45, 7) is 2.31. The van der Waals surface area contributed by atoms with Gasteiger partial charge in [0.25, 0.3) is 11.8 Å². The Balaban J connectivity index is 1.37. The van der Waals surface area contributed by atoms with Crippen LogP contribution in [0.1, 0.15) is 69.8 Å². The minimum absolute atomic E-state index is 0.00587. The zero-order valence-corrected chi connectivity index (χ0v) is 24.2. The third-order valence-corrected chi connectivity index (χ3v) is 8.81. The van der Waals surface area contributed by atoms with Gasteiger partial charge in [-0.3, -0.25) is 24.0 Å². The molecule has 0 unspecified atom stereocenters. The van der Waals surface area contributed by atoms with E-state index in [0.717, 1.165) is 29.5 Å². The summed E-state index contributed by atoms with van der Waals surface area (Å²) < 4.78 is 57.9. The predicted octanol–water partition coefficient (Wildman–Crippen LogP) is 3.63. The van der Waals surface area contributed by atoms with Crippen LogP contribution in [0, 0.1) is 30.2 Å². The number of aromatic nitrogens is 1. The number of nitrogens with one attached hydrogen (secondary N) is 1. The number of benzene rings is 2. The number of hydroxylamine groups is 2. The fourth-order valence-corrected chi connectivity index (χ4v) is 6.35. The van der Waals surface area contributed by atoms with Gasteiger partial charge in [0.1, 0.15) is 34.4 Å². The third kappa shape index (κ3) is 5.12. The number of rotatable bonds is 5. The topological polar surface area (TPSA) is 121 Å². The predicted molar refractivity (Wildman–Crippen MR) is 149 cm³/mol. The van der Waals surface area contributed by atoms with Gasteiger partial charge in [-0.2, -0.15) is 0 Å². The Morgan fingerprint density at radius 3 is 2.49 bits per heavy atom. The molecule has 2 saturated heterocycles. The number of amides is 3. The highest BCUT2D eigenvalue weighted by molar-refractivity contribution is 5.99. The van der Waals surface area contributed by atoms with Crippen molar-refractivity contribution in [2.75, 3.05) is 6.54 Å². The molecule has 2 bridgehead atoms. The zero-order chi connectivity index (χ0) is 32.4. The maximum Gasteiger partial charge on any atom is 0.274 e. The molecule has 6 rings (SSSR count). The maximum absolute atomic E-state index is 14.4. The SMILES string of the molecule is Cc1cc(F)c(CNC(=O)c2cn3c(c(O)c2=O)C(=O)N2C[C@@H]3[C@]3(CC[C@@H]2C)CC(=O)N(Cc2ccc(F)cc2F)O3)c(F)c1. The Bertz CT molecular complexity index is 1810. The van der Waals surface area contributed by atoms with E-state index < -0.39 is 87.2 Å². The van der Waals surface area contributed by atoms with Crippen molar-refractivity contribution >= 4 is 17.7 Å². The highest BCUT2D eigenvalue weighted by Crippen LogP contribution is 2.47. The van der Waals surface area contributed by atoms with Gasteiger partial charge in [0, 0.05) is 42.5 Å². The molecule has 3 aliphatic heterocycles. The number of halogens is 4. The molecular formula is C31H28F4N4O6. The van der Waals surface area contributed by atoms with Crippen LogP contribution in [0.4, 0.5) is 17.6 Å². The average molecular weight is 629 g/mol. The molecule has 3 amide bonds. The minimum Gasteiger partial charge on any atom is -0.503 e. The van der Waals surface area contributed by atoms with E-state index in [2.05, 4.69) is 5.32 Å². The summed E-state index contributed by atoms with van der Waals surface area (Å²) in [4.78, 5) is 60.8. The largest absolute Gasteiger partial charge is 0.503 e. The van der Waals surface area contributed by atoms with Crippen molar-refractivity contribution < 1.29 is 41.9 Å². The number of aryl methyl sites for hydroxylation is 1. The van der Waals surface area contributed by atoms with Crippen molar-refractivity contribution in [3.63, 3.8) is 0 Å². The van der Waals surface area contributed by atoms with Crippen LogP contribution in [0.5, 0.6) is 5.75 Å². The Labute approximate surface area is 253 Å². The van der Waals surface area contributed by atoms with Gasteiger partial charge in [-0.05, 0) is 50.5 Å². The highest BCUT2D eigenvalue weighted by atomic mass is 19.1. The van der Waals surface area contributed by atoms with Crippen LogP contribution >= 0.6 is 0 Å². The number of hydrogen-bond donors (Lipinski definition) is 2. The number of pyridine rings is 1. The van der Waals surface area contributed by atoms with Crippen LogP contribution in [-0.4, -0.2) is 55.5 Å². The molecule has 45 heavy (non-hydrogen) atoms. The Morgan fingerprint density at radius 2 is 1.80 bits per heavy atom. The van der Waals surface area contributed by atoms with Gasteiger partial charge in [0.15, 0.2) is 11.4 Å². The van der Waals surface area contributed by atoms with Crippen molar-refractivity contribution in [2.24, 2.45) is 0 Å². The standard InChI is InChI=1S/C31H28F4N4O6/c1-15-7-22(34)19(23(35)8-15)11-36-29(43)20-13-38-24-14-37(30(44)26(38)28(42)27(20)41)16(2)5-6-31(24)10-25(40)39(45-31)12-17-3-4-18(32)9-21(17)33/h3-4,7-9,13,16,24,42H,5-6,10-12,14H2,1-2H3,(H,36,43)/t16-,24+,31-/m0/s1. The second-order valence-corrected chi connectivity index (χ2v) is 11.7. The van der Waals surface area contributed by atoms with Gasteiger partial charge < -0.3 is 19.9 Å². The summed E-state index contributed by atoms with van der Waals surface area (Å²) in [6.07, 6.45) is 1.46. The van der Waals surface area contributed by atoms with Gasteiger partial charge in [-0.25, -0.2) is 22.6 Å². The number of nitrogens with zero attached hydrogens (tertiary/aromatic N) is 3. The van der Waals surface area contributed by atoms with Crippen molar-refractivity contribution in [3.8, 4) is 5.75 Å². The lowest BCUT2D eigenvalue weighted by atomic mass is 9.85. The van der Waals surface area contributed by atoms with Gasteiger partial charge in [-0.1, -0.05) is 6.07 Å². The maximum atomic E-state index is 14.4. The van der Waals surface area contributed by atoms with Crippen molar-refractivity contribution in [2.45, 2.75) is 63.9 Å². The molecule has 0 radical (unpaired) electrons. The van der Waals surface area contributed by atoms with E-state index in [1.807, 2.05) is 0 Å². The molecule has 3 aromatic rings. The van der Waals surface area contributed by atoms with E-state index in [4.69, 9.17) is 4.84 Å². The number of hydrogen-bond acceptors (Lipinski definition) is 6. The Morgan fingerprint density at radius 1 is 1.09 bits per heavy atom. The molecule has 0 aliphatic carbocycles. The van der Waals surface area contributed by atoms with Crippen LogP contribution in [0.15, 0.2) is 41.3 Å². The summed E-state index contributed by atoms with van der Waals surface area (Å²) >= 11 is 0. The Kier molecular flexibility index (Phi) is 7.42. The summed E-state index contributed by atoms with van der Waals surface area (Å²) in [7, 11) is 0. The lowest BCUT2D eigenvalue weighted by Gasteiger charge is -2.42. The molecule has 1 aromatic heterocycles. The van der Waals surface area contributed by atoms with E-state index in [0.29, 0.717) is 18.1 Å². The average Bonchev–Trinajstić information content (AvgIpc) is 3.23. The molecule has 4 heterocycles. The molecule has 2 N–H and O–H groups in total. The molecule has 10 nitrogen and oxygen atoms in total. The summed E-state index contributed by atoms with van der Waals surface area (Å²) in [5.74, 6) is -6.70. The minimum atomic E-state index is -1.34. The molecular weight excluding hydrogens is 600 g/mol. The molecule has 3 atom stereocenters. The normalized spacial score (nSPS) is 22.5. The van der Waals surface area contributed by atoms with E-state index in [-0.39, 0.29) is 37.5 Å². The van der Waals surface area contributed by atoms with Crippen LogP contribution in [0.2, 0.25) is 0 Å². The van der Waals surface area contributed by atoms with Gasteiger partial charge in [-0.15, -0.1) is 0 Å². The smallest absolute Gasteiger partial charge is 0.274 e. The summed E-state index contributed by atoms with van der Waals surface area (Å²) in [6, 6.07) is 3.83. The van der Waals surface area contributed by atoms with Crippen LogP contribution in [0.3, 0.4) is 0 Å². The van der Waals surface area contributed by atoms with E-state index >= 15 is 0 Å². The van der Waals surface area contributed by atoms with Crippen molar-refractivity contribution in [1.82, 2.24) is 19.8 Å². The first-order chi connectivity index (χ1) is 21.3. The lowest BCUT2D eigenvalue weighted by Crippen LogP contribution is -2.52. The molecule has 236 valence electrons. The fourth-order valence-electron chi connectivity index (χ4n) is 6.35. The fraction of sp³-hybridized carbons (Fsp3) is 0.355. The Hall–Kier alpha value is -4.72.